The number of halogens is 4. The van der Waals surface area contributed by atoms with Crippen LogP contribution >= 0.6 is 0 Å². The number of alkyl halides is 3. The Morgan fingerprint density at radius 3 is 2.55 bits per heavy atom. The number of anilines is 1. The Balaban J connectivity index is 1.38. The third-order valence-corrected chi connectivity index (χ3v) is 7.46. The quantitative estimate of drug-likeness (QED) is 0.233. The van der Waals surface area contributed by atoms with Gasteiger partial charge in [0, 0.05) is 42.2 Å². The van der Waals surface area contributed by atoms with Crippen LogP contribution in [0.3, 0.4) is 0 Å². The maximum absolute atomic E-state index is 14.5. The zero-order valence-corrected chi connectivity index (χ0v) is 23.4. The molecule has 1 aliphatic rings. The van der Waals surface area contributed by atoms with Crippen LogP contribution in [0.25, 0.3) is 22.2 Å². The van der Waals surface area contributed by atoms with Crippen molar-refractivity contribution in [1.82, 2.24) is 29.5 Å². The molecule has 0 radical (unpaired) electrons. The van der Waals surface area contributed by atoms with Crippen LogP contribution in [0, 0.1) is 5.82 Å². The van der Waals surface area contributed by atoms with E-state index >= 15 is 0 Å². The maximum Gasteiger partial charge on any atom is 0.419 e. The minimum atomic E-state index is -4.84. The lowest BCUT2D eigenvalue weighted by Gasteiger charge is -2.29. The van der Waals surface area contributed by atoms with Gasteiger partial charge >= 0.3 is 6.18 Å². The van der Waals surface area contributed by atoms with E-state index in [1.54, 1.807) is 23.3 Å². The molecule has 0 unspecified atom stereocenters. The Morgan fingerprint density at radius 2 is 1.88 bits per heavy atom. The van der Waals surface area contributed by atoms with Gasteiger partial charge in [-0.1, -0.05) is 0 Å². The Bertz CT molecular complexity index is 1540. The number of rotatable bonds is 9. The van der Waals surface area contributed by atoms with Gasteiger partial charge in [-0.2, -0.15) is 23.4 Å². The smallest absolute Gasteiger partial charge is 0.419 e. The molecule has 0 aliphatic heterocycles. The highest BCUT2D eigenvalue weighted by Crippen LogP contribution is 2.38. The Morgan fingerprint density at radius 1 is 1.14 bits per heavy atom. The van der Waals surface area contributed by atoms with Gasteiger partial charge in [-0.25, -0.2) is 14.4 Å². The minimum Gasteiger partial charge on any atom is -0.472 e. The second-order valence-corrected chi connectivity index (χ2v) is 11.1. The van der Waals surface area contributed by atoms with Crippen molar-refractivity contribution in [3.05, 3.63) is 48.3 Å². The average Bonchev–Trinajstić information content (AvgIpc) is 3.54. The summed E-state index contributed by atoms with van der Waals surface area (Å²) in [6.07, 6.45) is 1.80. The van der Waals surface area contributed by atoms with Gasteiger partial charge in [0.05, 0.1) is 35.5 Å². The molecule has 14 heteroatoms. The molecular formula is C28H33F4N7O3. The lowest BCUT2D eigenvalue weighted by atomic mass is 9.93. The van der Waals surface area contributed by atoms with Crippen molar-refractivity contribution in [3.8, 4) is 17.1 Å². The first kappa shape index (κ1) is 29.7. The first-order chi connectivity index (χ1) is 19.8. The van der Waals surface area contributed by atoms with E-state index < -0.39 is 41.2 Å². The van der Waals surface area contributed by atoms with Crippen molar-refractivity contribution in [3.63, 3.8) is 0 Å². The van der Waals surface area contributed by atoms with Gasteiger partial charge in [0.15, 0.2) is 5.82 Å². The second kappa shape index (κ2) is 11.5. The standard InChI is InChI=1S/C28H33F4N7O3/c1-4-33-23-11-21-19(13-35-23)25(16-12-36-38(14-16)15-22(40)27(2,3)41)37-39(21)17-5-7-18(8-6-17)42-26-24(29)20(9-10-34-26)28(30,31)32/h9-14,17-18,22,40-41H,4-8,15H2,1-3H3,(H,33,35)/t17?,18?,22-/m0/s1. The van der Waals surface area contributed by atoms with E-state index in [0.717, 1.165) is 17.1 Å². The van der Waals surface area contributed by atoms with Gasteiger partial charge < -0.3 is 20.3 Å². The van der Waals surface area contributed by atoms with Gasteiger partial charge in [0.2, 0.25) is 0 Å². The molecule has 1 saturated carbocycles. The molecule has 4 heterocycles. The normalized spacial score (nSPS) is 18.8. The number of nitrogens with zero attached hydrogens (tertiary/aromatic N) is 6. The van der Waals surface area contributed by atoms with Gasteiger partial charge in [-0.3, -0.25) is 9.36 Å². The summed E-state index contributed by atoms with van der Waals surface area (Å²) in [6.45, 7) is 5.79. The number of nitrogens with one attached hydrogen (secondary N) is 1. The topological polar surface area (TPSA) is 123 Å². The molecule has 0 amide bonds. The van der Waals surface area contributed by atoms with Crippen molar-refractivity contribution >= 4 is 16.7 Å². The van der Waals surface area contributed by atoms with E-state index in [-0.39, 0.29) is 12.6 Å². The summed E-state index contributed by atoms with van der Waals surface area (Å²) in [5, 5.41) is 33.7. The average molecular weight is 592 g/mol. The monoisotopic (exact) mass is 591 g/mol. The predicted molar refractivity (Wildman–Crippen MR) is 146 cm³/mol. The minimum absolute atomic E-state index is 0.0515. The fraction of sp³-hybridized carbons (Fsp3) is 0.500. The molecule has 1 aliphatic carbocycles. The second-order valence-electron chi connectivity index (χ2n) is 11.1. The number of aliphatic hydroxyl groups excluding tert-OH is 1. The van der Waals surface area contributed by atoms with Crippen LogP contribution in [0.5, 0.6) is 5.88 Å². The lowest BCUT2D eigenvalue weighted by Crippen LogP contribution is -2.39. The van der Waals surface area contributed by atoms with Crippen LogP contribution in [-0.4, -0.2) is 64.1 Å². The van der Waals surface area contributed by atoms with E-state index in [0.29, 0.717) is 55.4 Å². The van der Waals surface area contributed by atoms with Crippen molar-refractivity contribution in [2.24, 2.45) is 0 Å². The Hall–Kier alpha value is -3.78. The van der Waals surface area contributed by atoms with Gasteiger partial charge in [0.1, 0.15) is 23.7 Å². The summed E-state index contributed by atoms with van der Waals surface area (Å²) in [5.41, 5.74) is -0.491. The number of ether oxygens (including phenoxy) is 1. The molecule has 0 aromatic carbocycles. The lowest BCUT2D eigenvalue weighted by molar-refractivity contribution is -0.140. The summed E-state index contributed by atoms with van der Waals surface area (Å²) in [4.78, 5) is 8.21. The van der Waals surface area contributed by atoms with E-state index in [1.165, 1.54) is 13.8 Å². The maximum atomic E-state index is 14.5. The van der Waals surface area contributed by atoms with Gasteiger partial charge in [-0.15, -0.1) is 0 Å². The number of aliphatic hydroxyl groups is 2. The van der Waals surface area contributed by atoms with Crippen molar-refractivity contribution in [2.75, 3.05) is 11.9 Å². The van der Waals surface area contributed by atoms with Crippen molar-refractivity contribution in [1.29, 1.82) is 0 Å². The number of aromatic nitrogens is 6. The number of fused-ring (bicyclic) bond motifs is 1. The predicted octanol–water partition coefficient (Wildman–Crippen LogP) is 4.97. The molecular weight excluding hydrogens is 558 g/mol. The van der Waals surface area contributed by atoms with E-state index in [2.05, 4.69) is 20.4 Å². The fourth-order valence-electron chi connectivity index (χ4n) is 5.08. The molecule has 4 aromatic heterocycles. The van der Waals surface area contributed by atoms with E-state index in [9.17, 15) is 27.8 Å². The zero-order valence-electron chi connectivity index (χ0n) is 23.4. The van der Waals surface area contributed by atoms with Gasteiger partial charge in [0.25, 0.3) is 5.88 Å². The van der Waals surface area contributed by atoms with E-state index in [1.807, 2.05) is 17.7 Å². The number of hydrogen-bond acceptors (Lipinski definition) is 8. The van der Waals surface area contributed by atoms with Crippen molar-refractivity contribution in [2.45, 2.75) is 83.0 Å². The summed E-state index contributed by atoms with van der Waals surface area (Å²) in [7, 11) is 0. The van der Waals surface area contributed by atoms with Crippen LogP contribution in [-0.2, 0) is 12.7 Å². The summed E-state index contributed by atoms with van der Waals surface area (Å²) in [5.74, 6) is -1.47. The van der Waals surface area contributed by atoms with E-state index in [4.69, 9.17) is 9.84 Å². The summed E-state index contributed by atoms with van der Waals surface area (Å²) < 4.78 is 62.9. The van der Waals surface area contributed by atoms with Crippen molar-refractivity contribution < 1.29 is 32.5 Å². The number of pyridine rings is 2. The van der Waals surface area contributed by atoms with Crippen LogP contribution in [0.1, 0.15) is 58.1 Å². The zero-order chi connectivity index (χ0) is 30.2. The highest BCUT2D eigenvalue weighted by atomic mass is 19.4. The van der Waals surface area contributed by atoms with Gasteiger partial charge in [-0.05, 0) is 52.5 Å². The molecule has 5 rings (SSSR count). The molecule has 3 N–H and O–H groups in total. The highest BCUT2D eigenvalue weighted by molar-refractivity contribution is 5.93. The third kappa shape index (κ3) is 6.19. The molecule has 42 heavy (non-hydrogen) atoms. The molecule has 0 spiro atoms. The Labute approximate surface area is 239 Å². The van der Waals surface area contributed by atoms with Crippen LogP contribution in [0.15, 0.2) is 36.9 Å². The van der Waals surface area contributed by atoms with Crippen LogP contribution in [0.2, 0.25) is 0 Å². The summed E-state index contributed by atoms with van der Waals surface area (Å²) in [6, 6.07) is 2.46. The third-order valence-electron chi connectivity index (χ3n) is 7.46. The molecule has 4 aromatic rings. The molecule has 1 atom stereocenters. The fourth-order valence-corrected chi connectivity index (χ4v) is 5.08. The Kier molecular flexibility index (Phi) is 8.12. The number of hydrogen-bond donors (Lipinski definition) is 3. The molecule has 0 saturated heterocycles. The molecule has 10 nitrogen and oxygen atoms in total. The largest absolute Gasteiger partial charge is 0.472 e. The summed E-state index contributed by atoms with van der Waals surface area (Å²) >= 11 is 0. The van der Waals surface area contributed by atoms with Crippen LogP contribution in [0.4, 0.5) is 23.4 Å². The first-order valence-corrected chi connectivity index (χ1v) is 13.8. The molecule has 0 bridgehead atoms. The SMILES string of the molecule is CCNc1cc2c(cn1)c(-c1cnn(C[C@H](O)C(C)(C)O)c1)nn2C1CCC(Oc2nccc(C(F)(F)F)c2F)CC1. The first-order valence-electron chi connectivity index (χ1n) is 13.8. The van der Waals surface area contributed by atoms with Crippen LogP contribution < -0.4 is 10.1 Å². The highest BCUT2D eigenvalue weighted by Gasteiger charge is 2.36. The molecule has 1 fully saturated rings. The molecule has 226 valence electrons.